The van der Waals surface area contributed by atoms with Crippen LogP contribution in [0.4, 0.5) is 23.8 Å². The van der Waals surface area contributed by atoms with Gasteiger partial charge in [-0.05, 0) is 18.4 Å². The predicted molar refractivity (Wildman–Crippen MR) is 80.5 cm³/mol. The summed E-state index contributed by atoms with van der Waals surface area (Å²) < 4.78 is 41.8. The standard InChI is InChI=1S/C16H16F3N3O2/c17-16(18,19)12-9-13(24-22-12)21-14(23)20-10-15(7-4-8-15)11-5-2-1-3-6-11/h1-3,5-6,9H,4,7-8,10H2,(H2,20,21,23). The quantitative estimate of drug-likeness (QED) is 0.887. The number of urea groups is 1. The summed E-state index contributed by atoms with van der Waals surface area (Å²) in [5.74, 6) is -0.345. The van der Waals surface area contributed by atoms with E-state index in [1.165, 1.54) is 0 Å². The first kappa shape index (κ1) is 16.4. The maximum atomic E-state index is 12.4. The number of nitrogens with one attached hydrogen (secondary N) is 2. The lowest BCUT2D eigenvalue weighted by molar-refractivity contribution is -0.142. The van der Waals surface area contributed by atoms with E-state index in [0.29, 0.717) is 12.6 Å². The molecule has 0 aliphatic heterocycles. The van der Waals surface area contributed by atoms with Crippen molar-refractivity contribution in [3.05, 3.63) is 47.7 Å². The highest BCUT2D eigenvalue weighted by molar-refractivity contribution is 5.87. The second kappa shape index (κ2) is 6.18. The van der Waals surface area contributed by atoms with Crippen molar-refractivity contribution in [3.63, 3.8) is 0 Å². The van der Waals surface area contributed by atoms with Crippen molar-refractivity contribution < 1.29 is 22.5 Å². The molecular formula is C16H16F3N3O2. The molecule has 1 aromatic carbocycles. The molecular weight excluding hydrogens is 323 g/mol. The van der Waals surface area contributed by atoms with E-state index in [4.69, 9.17) is 0 Å². The van der Waals surface area contributed by atoms with Gasteiger partial charge in [0.15, 0.2) is 5.69 Å². The summed E-state index contributed by atoms with van der Waals surface area (Å²) in [6.45, 7) is 0.406. The number of rotatable bonds is 4. The molecule has 8 heteroatoms. The van der Waals surface area contributed by atoms with Gasteiger partial charge in [0.25, 0.3) is 0 Å². The number of amides is 2. The molecule has 1 aliphatic rings. The number of benzene rings is 1. The summed E-state index contributed by atoms with van der Waals surface area (Å²) in [7, 11) is 0. The van der Waals surface area contributed by atoms with E-state index in [-0.39, 0.29) is 11.3 Å². The average Bonchev–Trinajstić information content (AvgIpc) is 2.96. The molecule has 2 amide bonds. The van der Waals surface area contributed by atoms with Gasteiger partial charge in [-0.3, -0.25) is 5.32 Å². The van der Waals surface area contributed by atoms with Gasteiger partial charge in [0.1, 0.15) is 0 Å². The number of halogens is 3. The minimum Gasteiger partial charge on any atom is -0.338 e. The van der Waals surface area contributed by atoms with E-state index in [0.717, 1.165) is 24.8 Å². The minimum absolute atomic E-state index is 0.114. The Morgan fingerprint density at radius 2 is 1.96 bits per heavy atom. The Morgan fingerprint density at radius 3 is 2.50 bits per heavy atom. The van der Waals surface area contributed by atoms with Crippen LogP contribution in [0.5, 0.6) is 0 Å². The summed E-state index contributed by atoms with van der Waals surface area (Å²) in [5, 5.41) is 7.81. The summed E-state index contributed by atoms with van der Waals surface area (Å²) in [6.07, 6.45) is -1.62. The fourth-order valence-corrected chi connectivity index (χ4v) is 2.84. The second-order valence-corrected chi connectivity index (χ2v) is 5.88. The fourth-order valence-electron chi connectivity index (χ4n) is 2.84. The fraction of sp³-hybridized carbons (Fsp3) is 0.375. The Kier molecular flexibility index (Phi) is 4.21. The van der Waals surface area contributed by atoms with E-state index in [2.05, 4.69) is 20.3 Å². The van der Waals surface area contributed by atoms with Crippen molar-refractivity contribution in [3.8, 4) is 0 Å². The van der Waals surface area contributed by atoms with E-state index in [1.807, 2.05) is 30.3 Å². The maximum Gasteiger partial charge on any atom is 0.436 e. The number of nitrogens with zero attached hydrogens (tertiary/aromatic N) is 1. The number of aromatic nitrogens is 1. The Morgan fingerprint density at radius 1 is 1.25 bits per heavy atom. The Hall–Kier alpha value is -2.51. The third kappa shape index (κ3) is 3.37. The van der Waals surface area contributed by atoms with E-state index >= 15 is 0 Å². The number of hydrogen-bond donors (Lipinski definition) is 2. The van der Waals surface area contributed by atoms with Crippen LogP contribution < -0.4 is 10.6 Å². The highest BCUT2D eigenvalue weighted by Gasteiger charge is 2.39. The third-order valence-corrected chi connectivity index (χ3v) is 4.32. The number of hydrogen-bond acceptors (Lipinski definition) is 3. The summed E-state index contributed by atoms with van der Waals surface area (Å²) in [6, 6.07) is 9.89. The Labute approximate surface area is 136 Å². The zero-order chi connectivity index (χ0) is 17.2. The molecule has 0 radical (unpaired) electrons. The lowest BCUT2D eigenvalue weighted by Crippen LogP contribution is -2.46. The van der Waals surface area contributed by atoms with Crippen LogP contribution >= 0.6 is 0 Å². The van der Waals surface area contributed by atoms with E-state index < -0.39 is 17.9 Å². The Bertz CT molecular complexity index is 709. The molecule has 128 valence electrons. The molecule has 1 aromatic heterocycles. The van der Waals surface area contributed by atoms with Gasteiger partial charge in [-0.15, -0.1) is 0 Å². The van der Waals surface area contributed by atoms with Crippen molar-refractivity contribution in [2.45, 2.75) is 30.9 Å². The van der Waals surface area contributed by atoms with Crippen LogP contribution in [0.3, 0.4) is 0 Å². The molecule has 0 unspecified atom stereocenters. The first-order valence-electron chi connectivity index (χ1n) is 7.53. The SMILES string of the molecule is O=C(NCC1(c2ccccc2)CCC1)Nc1cc(C(F)(F)F)no1. The maximum absolute atomic E-state index is 12.4. The highest BCUT2D eigenvalue weighted by Crippen LogP contribution is 2.43. The van der Waals surface area contributed by atoms with Gasteiger partial charge in [-0.2, -0.15) is 13.2 Å². The van der Waals surface area contributed by atoms with Gasteiger partial charge in [-0.1, -0.05) is 41.9 Å². The normalized spacial score (nSPS) is 16.3. The number of alkyl halides is 3. The zero-order valence-electron chi connectivity index (χ0n) is 12.7. The largest absolute Gasteiger partial charge is 0.436 e. The monoisotopic (exact) mass is 339 g/mol. The molecule has 1 fully saturated rings. The van der Waals surface area contributed by atoms with Gasteiger partial charge in [0.05, 0.1) is 0 Å². The van der Waals surface area contributed by atoms with Crippen LogP contribution in [-0.2, 0) is 11.6 Å². The van der Waals surface area contributed by atoms with Crippen molar-refractivity contribution in [1.82, 2.24) is 10.5 Å². The number of carbonyl (C=O) groups excluding carboxylic acids is 1. The molecule has 1 heterocycles. The van der Waals surface area contributed by atoms with Crippen LogP contribution in [0.2, 0.25) is 0 Å². The van der Waals surface area contributed by atoms with Crippen molar-refractivity contribution in [1.29, 1.82) is 0 Å². The zero-order valence-corrected chi connectivity index (χ0v) is 12.7. The summed E-state index contributed by atoms with van der Waals surface area (Å²) in [4.78, 5) is 11.9. The first-order chi connectivity index (χ1) is 11.4. The van der Waals surface area contributed by atoms with Gasteiger partial charge in [-0.25, -0.2) is 4.79 Å². The van der Waals surface area contributed by atoms with Crippen molar-refractivity contribution in [2.24, 2.45) is 0 Å². The molecule has 1 aliphatic carbocycles. The highest BCUT2D eigenvalue weighted by atomic mass is 19.4. The van der Waals surface area contributed by atoms with Crippen LogP contribution in [-0.4, -0.2) is 17.7 Å². The molecule has 2 aromatic rings. The molecule has 24 heavy (non-hydrogen) atoms. The molecule has 0 bridgehead atoms. The van der Waals surface area contributed by atoms with Crippen LogP contribution in [0.25, 0.3) is 0 Å². The van der Waals surface area contributed by atoms with Gasteiger partial charge in [0.2, 0.25) is 5.88 Å². The molecule has 0 spiro atoms. The summed E-state index contributed by atoms with van der Waals surface area (Å²) >= 11 is 0. The molecule has 3 rings (SSSR count). The number of anilines is 1. The third-order valence-electron chi connectivity index (χ3n) is 4.32. The van der Waals surface area contributed by atoms with Crippen molar-refractivity contribution in [2.75, 3.05) is 11.9 Å². The van der Waals surface area contributed by atoms with Crippen molar-refractivity contribution >= 4 is 11.9 Å². The molecule has 5 nitrogen and oxygen atoms in total. The lowest BCUT2D eigenvalue weighted by atomic mass is 9.64. The minimum atomic E-state index is -4.61. The smallest absolute Gasteiger partial charge is 0.338 e. The van der Waals surface area contributed by atoms with Gasteiger partial charge >= 0.3 is 12.2 Å². The molecule has 2 N–H and O–H groups in total. The topological polar surface area (TPSA) is 67.2 Å². The average molecular weight is 339 g/mol. The second-order valence-electron chi connectivity index (χ2n) is 5.88. The van der Waals surface area contributed by atoms with Crippen LogP contribution in [0.1, 0.15) is 30.5 Å². The predicted octanol–water partition coefficient (Wildman–Crippen LogP) is 3.94. The van der Waals surface area contributed by atoms with Gasteiger partial charge in [0, 0.05) is 18.0 Å². The van der Waals surface area contributed by atoms with E-state index in [1.54, 1.807) is 0 Å². The molecule has 0 saturated heterocycles. The van der Waals surface area contributed by atoms with E-state index in [9.17, 15) is 18.0 Å². The molecule has 0 atom stereocenters. The van der Waals surface area contributed by atoms with Gasteiger partial charge < -0.3 is 9.84 Å². The van der Waals surface area contributed by atoms with Crippen LogP contribution in [0, 0.1) is 0 Å². The Balaban J connectivity index is 1.58. The van der Waals surface area contributed by atoms with Crippen LogP contribution in [0.15, 0.2) is 40.9 Å². The number of carbonyl (C=O) groups is 1. The summed E-state index contributed by atoms with van der Waals surface area (Å²) in [5.41, 5.74) is -0.148. The molecule has 1 saturated carbocycles. The lowest BCUT2D eigenvalue weighted by Gasteiger charge is -2.42. The first-order valence-corrected chi connectivity index (χ1v) is 7.53.